The van der Waals surface area contributed by atoms with Gasteiger partial charge in [-0.3, -0.25) is 0 Å². The number of benzene rings is 2. The average molecular weight is 315 g/mol. The molecule has 4 heteroatoms. The molecule has 0 spiro atoms. The normalized spacial score (nSPS) is 10.2. The summed E-state index contributed by atoms with van der Waals surface area (Å²) in [5.74, 6) is 0.946. The smallest absolute Gasteiger partial charge is 0.142 e. The molecule has 118 valence electrons. The number of nitrogen functional groups attached to an aromatic ring is 1. The summed E-state index contributed by atoms with van der Waals surface area (Å²) in [7, 11) is 0. The molecule has 2 N–H and O–H groups in total. The number of aromatic nitrogens is 1. The van der Waals surface area contributed by atoms with E-state index in [9.17, 15) is 5.26 Å². The molecule has 1 heterocycles. The lowest BCUT2D eigenvalue weighted by atomic mass is 9.97. The average Bonchev–Trinajstić information content (AvgIpc) is 2.62. The molecule has 3 aromatic rings. The second-order valence-electron chi connectivity index (χ2n) is 5.22. The van der Waals surface area contributed by atoms with E-state index in [-0.39, 0.29) is 5.82 Å². The minimum atomic E-state index is 0.222. The van der Waals surface area contributed by atoms with Crippen LogP contribution in [0, 0.1) is 11.3 Å². The highest BCUT2D eigenvalue weighted by molar-refractivity contribution is 5.82. The number of hydrogen-bond acceptors (Lipinski definition) is 4. The van der Waals surface area contributed by atoms with Crippen molar-refractivity contribution in [2.45, 2.75) is 6.92 Å². The van der Waals surface area contributed by atoms with E-state index in [1.165, 1.54) is 0 Å². The van der Waals surface area contributed by atoms with Gasteiger partial charge in [0.05, 0.1) is 12.3 Å². The molecule has 0 atom stereocenters. The fraction of sp³-hybridized carbons (Fsp3) is 0.100. The molecule has 0 bridgehead atoms. The van der Waals surface area contributed by atoms with Crippen molar-refractivity contribution in [1.82, 2.24) is 4.98 Å². The van der Waals surface area contributed by atoms with Crippen molar-refractivity contribution in [3.8, 4) is 34.2 Å². The summed E-state index contributed by atoms with van der Waals surface area (Å²) >= 11 is 0. The van der Waals surface area contributed by atoms with Gasteiger partial charge in [0.25, 0.3) is 0 Å². The third kappa shape index (κ3) is 2.92. The van der Waals surface area contributed by atoms with Gasteiger partial charge in [0.15, 0.2) is 0 Å². The number of ether oxygens (including phenoxy) is 1. The number of para-hydroxylation sites is 1. The van der Waals surface area contributed by atoms with Gasteiger partial charge in [-0.1, -0.05) is 48.5 Å². The first-order chi connectivity index (χ1) is 11.7. The zero-order valence-electron chi connectivity index (χ0n) is 13.4. The monoisotopic (exact) mass is 315 g/mol. The number of anilines is 1. The lowest BCUT2D eigenvalue weighted by molar-refractivity contribution is 0.341. The summed E-state index contributed by atoms with van der Waals surface area (Å²) in [6.07, 6.45) is 0. The van der Waals surface area contributed by atoms with Crippen molar-refractivity contribution in [2.75, 3.05) is 12.3 Å². The van der Waals surface area contributed by atoms with Crippen molar-refractivity contribution < 1.29 is 4.74 Å². The molecular formula is C20H17N3O. The number of rotatable bonds is 4. The molecule has 4 nitrogen and oxygen atoms in total. The maximum absolute atomic E-state index is 9.53. The number of hydrogen-bond donors (Lipinski definition) is 1. The van der Waals surface area contributed by atoms with Crippen LogP contribution in [0.5, 0.6) is 5.75 Å². The number of pyridine rings is 1. The molecule has 0 saturated heterocycles. The summed E-state index contributed by atoms with van der Waals surface area (Å²) in [6.45, 7) is 2.48. The van der Waals surface area contributed by atoms with E-state index in [1.807, 2.05) is 67.6 Å². The number of nitrogens with two attached hydrogens (primary N) is 1. The molecule has 0 saturated carbocycles. The van der Waals surface area contributed by atoms with Gasteiger partial charge in [-0.2, -0.15) is 5.26 Å². The zero-order chi connectivity index (χ0) is 16.9. The molecule has 0 aliphatic carbocycles. The second kappa shape index (κ2) is 6.84. The van der Waals surface area contributed by atoms with E-state index in [0.29, 0.717) is 12.2 Å². The standard InChI is InChI=1S/C20H17N3O/c1-2-24-19-11-7-6-10-15(19)16-12-18(14-8-4-3-5-9-14)23-20(22)17(16)13-21/h3-12H,2H2,1H3,(H2,22,23). The van der Waals surface area contributed by atoms with E-state index in [1.54, 1.807) is 0 Å². The molecule has 24 heavy (non-hydrogen) atoms. The highest BCUT2D eigenvalue weighted by Crippen LogP contribution is 2.36. The lowest BCUT2D eigenvalue weighted by Crippen LogP contribution is -2.01. The summed E-state index contributed by atoms with van der Waals surface area (Å²) in [5.41, 5.74) is 9.66. The third-order valence-corrected chi connectivity index (χ3v) is 3.71. The number of nitrogens with zero attached hydrogens (tertiary/aromatic N) is 2. The Labute approximate surface area is 141 Å². The van der Waals surface area contributed by atoms with Crippen molar-refractivity contribution in [3.63, 3.8) is 0 Å². The first kappa shape index (κ1) is 15.6. The Morgan fingerprint density at radius 1 is 1.04 bits per heavy atom. The van der Waals surface area contributed by atoms with Gasteiger partial charge >= 0.3 is 0 Å². The molecule has 0 unspecified atom stereocenters. The predicted octanol–water partition coefficient (Wildman–Crippen LogP) is 4.27. The summed E-state index contributed by atoms with van der Waals surface area (Å²) < 4.78 is 5.71. The largest absolute Gasteiger partial charge is 0.493 e. The van der Waals surface area contributed by atoms with Gasteiger partial charge in [0.1, 0.15) is 23.2 Å². The van der Waals surface area contributed by atoms with Gasteiger partial charge in [0.2, 0.25) is 0 Å². The Balaban J connectivity index is 2.24. The van der Waals surface area contributed by atoms with Crippen LogP contribution in [0.15, 0.2) is 60.7 Å². The Morgan fingerprint density at radius 3 is 2.46 bits per heavy atom. The van der Waals surface area contributed by atoms with Crippen molar-refractivity contribution in [3.05, 3.63) is 66.2 Å². The van der Waals surface area contributed by atoms with Crippen LogP contribution < -0.4 is 10.5 Å². The van der Waals surface area contributed by atoms with Crippen LogP contribution in [-0.2, 0) is 0 Å². The molecule has 0 amide bonds. The van der Waals surface area contributed by atoms with Gasteiger partial charge < -0.3 is 10.5 Å². The molecule has 0 radical (unpaired) electrons. The van der Waals surface area contributed by atoms with Crippen LogP contribution in [0.4, 0.5) is 5.82 Å². The molecule has 1 aromatic heterocycles. The predicted molar refractivity (Wildman–Crippen MR) is 95.4 cm³/mol. The van der Waals surface area contributed by atoms with Crippen LogP contribution in [0.1, 0.15) is 12.5 Å². The van der Waals surface area contributed by atoms with E-state index < -0.39 is 0 Å². The fourth-order valence-corrected chi connectivity index (χ4v) is 2.62. The Bertz CT molecular complexity index is 899. The fourth-order valence-electron chi connectivity index (χ4n) is 2.62. The van der Waals surface area contributed by atoms with E-state index in [4.69, 9.17) is 10.5 Å². The van der Waals surface area contributed by atoms with Gasteiger partial charge in [-0.15, -0.1) is 0 Å². The molecule has 0 aliphatic rings. The van der Waals surface area contributed by atoms with Crippen molar-refractivity contribution in [1.29, 1.82) is 5.26 Å². The maximum Gasteiger partial charge on any atom is 0.142 e. The van der Waals surface area contributed by atoms with Crippen molar-refractivity contribution >= 4 is 5.82 Å². The van der Waals surface area contributed by atoms with Gasteiger partial charge in [-0.05, 0) is 19.1 Å². The highest BCUT2D eigenvalue weighted by atomic mass is 16.5. The van der Waals surface area contributed by atoms with E-state index >= 15 is 0 Å². The molecule has 3 rings (SSSR count). The van der Waals surface area contributed by atoms with Crippen LogP contribution in [0.3, 0.4) is 0 Å². The first-order valence-corrected chi connectivity index (χ1v) is 7.72. The SMILES string of the molecule is CCOc1ccccc1-c1cc(-c2ccccc2)nc(N)c1C#N. The van der Waals surface area contributed by atoms with Crippen LogP contribution >= 0.6 is 0 Å². The second-order valence-corrected chi connectivity index (χ2v) is 5.22. The molecule has 0 aliphatic heterocycles. The minimum absolute atomic E-state index is 0.222. The van der Waals surface area contributed by atoms with Crippen molar-refractivity contribution in [2.24, 2.45) is 0 Å². The number of nitriles is 1. The van der Waals surface area contributed by atoms with E-state index in [2.05, 4.69) is 11.1 Å². The zero-order valence-corrected chi connectivity index (χ0v) is 13.4. The van der Waals surface area contributed by atoms with Gasteiger partial charge in [0, 0.05) is 16.7 Å². The first-order valence-electron chi connectivity index (χ1n) is 7.72. The Morgan fingerprint density at radius 2 is 1.75 bits per heavy atom. The van der Waals surface area contributed by atoms with E-state index in [0.717, 1.165) is 28.1 Å². The van der Waals surface area contributed by atoms with Crippen LogP contribution in [0.25, 0.3) is 22.4 Å². The molecule has 0 fully saturated rings. The molecular weight excluding hydrogens is 298 g/mol. The minimum Gasteiger partial charge on any atom is -0.493 e. The summed E-state index contributed by atoms with van der Waals surface area (Å²) in [4.78, 5) is 4.39. The topological polar surface area (TPSA) is 71.9 Å². The molecule has 2 aromatic carbocycles. The Hall–Kier alpha value is -3.32. The van der Waals surface area contributed by atoms with Crippen LogP contribution in [0.2, 0.25) is 0 Å². The maximum atomic E-state index is 9.53. The quantitative estimate of drug-likeness (QED) is 0.780. The Kier molecular flexibility index (Phi) is 4.44. The van der Waals surface area contributed by atoms with Crippen LogP contribution in [-0.4, -0.2) is 11.6 Å². The van der Waals surface area contributed by atoms with Gasteiger partial charge in [-0.25, -0.2) is 4.98 Å². The lowest BCUT2D eigenvalue weighted by Gasteiger charge is -2.14. The highest BCUT2D eigenvalue weighted by Gasteiger charge is 2.16. The third-order valence-electron chi connectivity index (χ3n) is 3.71. The summed E-state index contributed by atoms with van der Waals surface area (Å²) in [6, 6.07) is 21.5. The summed E-state index contributed by atoms with van der Waals surface area (Å²) in [5, 5.41) is 9.53.